The Labute approximate surface area is 152 Å². The standard InChI is InChI=1S/C13H19BrFN7O2S/c1-2-25(16,17)6-5-18-12-11(21-24-22-12)13(20-23)19-8-3-4-10(15)9(14)7-8/h3-4,7,23,25H,2,5-6H2,1H3,(H3,16,17)(H,18,22)(H,19,20). The molecule has 0 atom stereocenters. The van der Waals surface area contributed by atoms with Crippen molar-refractivity contribution in [2.75, 3.05) is 28.7 Å². The molecule has 0 aliphatic carbocycles. The number of amidine groups is 1. The van der Waals surface area contributed by atoms with Crippen molar-refractivity contribution in [1.29, 1.82) is 4.78 Å². The molecule has 1 aromatic heterocycles. The zero-order valence-electron chi connectivity index (χ0n) is 13.3. The van der Waals surface area contributed by atoms with Crippen molar-refractivity contribution in [1.82, 2.24) is 10.3 Å². The molecule has 0 saturated carbocycles. The maximum Gasteiger partial charge on any atom is 0.203 e. The number of thiol groups is 1. The average molecular weight is 436 g/mol. The molecule has 25 heavy (non-hydrogen) atoms. The number of nitrogens with zero attached hydrogens (tertiary/aromatic N) is 3. The molecule has 138 valence electrons. The summed E-state index contributed by atoms with van der Waals surface area (Å²) in [5, 5.41) is 31.5. The number of halogens is 2. The van der Waals surface area contributed by atoms with Crippen molar-refractivity contribution in [3.8, 4) is 0 Å². The van der Waals surface area contributed by atoms with E-state index in [1.165, 1.54) is 18.2 Å². The van der Waals surface area contributed by atoms with Crippen LogP contribution in [0, 0.1) is 10.6 Å². The molecule has 1 aromatic carbocycles. The SMILES string of the molecule is CC[SH](=N)(N)CCNc1nonc1/C(=N/O)Nc1ccc(F)c(Br)c1. The van der Waals surface area contributed by atoms with Gasteiger partial charge in [0.1, 0.15) is 5.82 Å². The minimum atomic E-state index is -2.18. The number of aromatic nitrogens is 2. The van der Waals surface area contributed by atoms with Crippen LogP contribution in [0.5, 0.6) is 0 Å². The van der Waals surface area contributed by atoms with Gasteiger partial charge in [-0.15, -0.1) is 0 Å². The zero-order chi connectivity index (χ0) is 18.4. The molecule has 0 amide bonds. The van der Waals surface area contributed by atoms with Gasteiger partial charge < -0.3 is 15.8 Å². The molecule has 2 rings (SSSR count). The summed E-state index contributed by atoms with van der Waals surface area (Å²) in [4.78, 5) is 0. The quantitative estimate of drug-likeness (QED) is 0.128. The summed E-state index contributed by atoms with van der Waals surface area (Å²) >= 11 is 3.08. The first kappa shape index (κ1) is 19.3. The molecular formula is C13H19BrFN7O2S. The van der Waals surface area contributed by atoms with Gasteiger partial charge in [-0.1, -0.05) is 12.1 Å². The topological polar surface area (TPSA) is 145 Å². The fraction of sp³-hybridized carbons (Fsp3) is 0.308. The van der Waals surface area contributed by atoms with Gasteiger partial charge in [0.2, 0.25) is 11.7 Å². The second kappa shape index (κ2) is 8.36. The molecule has 1 heterocycles. The third-order valence-corrected chi connectivity index (χ3v) is 6.12. The van der Waals surface area contributed by atoms with Gasteiger partial charge in [-0.25, -0.2) is 9.02 Å². The number of oxime groups is 1. The third kappa shape index (κ3) is 5.21. The molecule has 9 nitrogen and oxygen atoms in total. The van der Waals surface area contributed by atoms with Crippen LogP contribution >= 0.6 is 15.9 Å². The largest absolute Gasteiger partial charge is 0.409 e. The lowest BCUT2D eigenvalue weighted by Gasteiger charge is -2.20. The van der Waals surface area contributed by atoms with Crippen molar-refractivity contribution in [3.05, 3.63) is 34.2 Å². The Morgan fingerprint density at radius 1 is 1.52 bits per heavy atom. The molecule has 0 radical (unpaired) electrons. The predicted octanol–water partition coefficient (Wildman–Crippen LogP) is 2.17. The molecular weight excluding hydrogens is 417 g/mol. The molecule has 0 bridgehead atoms. The number of nitrogens with one attached hydrogen (secondary N) is 3. The highest BCUT2D eigenvalue weighted by Gasteiger charge is 2.18. The van der Waals surface area contributed by atoms with Crippen LogP contribution in [-0.2, 0) is 10.0 Å². The minimum absolute atomic E-state index is 0.0302. The Morgan fingerprint density at radius 3 is 2.92 bits per heavy atom. The fourth-order valence-electron chi connectivity index (χ4n) is 1.83. The van der Waals surface area contributed by atoms with Crippen molar-refractivity contribution >= 4 is 43.3 Å². The first-order valence-electron chi connectivity index (χ1n) is 7.28. The summed E-state index contributed by atoms with van der Waals surface area (Å²) in [6.45, 7) is 2.29. The highest BCUT2D eigenvalue weighted by molar-refractivity contribution is 9.10. The lowest BCUT2D eigenvalue weighted by atomic mass is 10.3. The van der Waals surface area contributed by atoms with E-state index in [0.29, 0.717) is 23.7 Å². The summed E-state index contributed by atoms with van der Waals surface area (Å²) in [6, 6.07) is 4.21. The number of hydrogen-bond acceptors (Lipinski definition) is 7. The van der Waals surface area contributed by atoms with Gasteiger partial charge in [0.05, 0.1) is 4.47 Å². The molecule has 0 spiro atoms. The number of benzene rings is 1. The monoisotopic (exact) mass is 435 g/mol. The van der Waals surface area contributed by atoms with Crippen LogP contribution < -0.4 is 15.8 Å². The van der Waals surface area contributed by atoms with Crippen LogP contribution in [-0.4, -0.2) is 39.4 Å². The lowest BCUT2D eigenvalue weighted by Crippen LogP contribution is -2.31. The fourth-order valence-corrected chi connectivity index (χ4v) is 3.04. The summed E-state index contributed by atoms with van der Waals surface area (Å²) in [7, 11) is -2.18. The Kier molecular flexibility index (Phi) is 6.45. The van der Waals surface area contributed by atoms with Gasteiger partial charge in [0.15, 0.2) is 5.69 Å². The van der Waals surface area contributed by atoms with Gasteiger partial charge in [-0.05, 0) is 50.2 Å². The van der Waals surface area contributed by atoms with Gasteiger partial charge in [-0.3, -0.25) is 9.92 Å². The number of anilines is 2. The molecule has 0 aliphatic rings. The first-order chi connectivity index (χ1) is 11.9. The number of nitrogens with two attached hydrogens (primary N) is 1. The Hall–Kier alpha value is -2.05. The van der Waals surface area contributed by atoms with Gasteiger partial charge in [-0.2, -0.15) is 10.0 Å². The van der Waals surface area contributed by atoms with Crippen LogP contribution in [0.1, 0.15) is 12.6 Å². The molecule has 0 fully saturated rings. The van der Waals surface area contributed by atoms with Crippen LogP contribution in [0.3, 0.4) is 0 Å². The molecule has 0 unspecified atom stereocenters. The summed E-state index contributed by atoms with van der Waals surface area (Å²) < 4.78 is 26.2. The van der Waals surface area contributed by atoms with E-state index in [2.05, 4.69) is 46.7 Å². The van der Waals surface area contributed by atoms with Crippen molar-refractivity contribution in [2.45, 2.75) is 6.92 Å². The van der Waals surface area contributed by atoms with E-state index >= 15 is 0 Å². The average Bonchev–Trinajstić information content (AvgIpc) is 3.04. The van der Waals surface area contributed by atoms with E-state index in [1.807, 2.05) is 6.92 Å². The Balaban J connectivity index is 2.10. The van der Waals surface area contributed by atoms with E-state index < -0.39 is 15.8 Å². The molecule has 0 saturated heterocycles. The van der Waals surface area contributed by atoms with Gasteiger partial charge in [0, 0.05) is 18.0 Å². The van der Waals surface area contributed by atoms with E-state index in [9.17, 15) is 9.60 Å². The van der Waals surface area contributed by atoms with Gasteiger partial charge in [0.25, 0.3) is 0 Å². The smallest absolute Gasteiger partial charge is 0.203 e. The number of hydrogen-bond donors (Lipinski definition) is 6. The Bertz CT molecular complexity index is 813. The highest BCUT2D eigenvalue weighted by Crippen LogP contribution is 2.21. The maximum atomic E-state index is 13.3. The summed E-state index contributed by atoms with van der Waals surface area (Å²) in [5.41, 5.74) is 0.615. The first-order valence-corrected chi connectivity index (χ1v) is 10.3. The Morgan fingerprint density at radius 2 is 2.28 bits per heavy atom. The normalized spacial score (nSPS) is 12.9. The van der Waals surface area contributed by atoms with Crippen molar-refractivity contribution < 1.29 is 14.2 Å². The summed E-state index contributed by atoms with van der Waals surface area (Å²) in [5.74, 6) is 0.899. The van der Waals surface area contributed by atoms with E-state index in [0.717, 1.165) is 0 Å². The zero-order valence-corrected chi connectivity index (χ0v) is 15.8. The highest BCUT2D eigenvalue weighted by atomic mass is 79.9. The summed E-state index contributed by atoms with van der Waals surface area (Å²) in [6.07, 6.45) is 0. The van der Waals surface area contributed by atoms with Crippen molar-refractivity contribution in [3.63, 3.8) is 0 Å². The van der Waals surface area contributed by atoms with Gasteiger partial charge >= 0.3 is 0 Å². The molecule has 12 heteroatoms. The third-order valence-electron chi connectivity index (χ3n) is 3.36. The van der Waals surface area contributed by atoms with Crippen LogP contribution in [0.15, 0.2) is 32.5 Å². The maximum absolute atomic E-state index is 13.3. The molecule has 2 aromatic rings. The van der Waals surface area contributed by atoms with Crippen LogP contribution in [0.4, 0.5) is 15.9 Å². The van der Waals surface area contributed by atoms with Crippen molar-refractivity contribution in [2.24, 2.45) is 10.3 Å². The van der Waals surface area contributed by atoms with E-state index in [1.54, 1.807) is 0 Å². The van der Waals surface area contributed by atoms with E-state index in [-0.39, 0.29) is 21.8 Å². The van der Waals surface area contributed by atoms with E-state index in [4.69, 9.17) is 9.92 Å². The molecule has 6 N–H and O–H groups in total. The lowest BCUT2D eigenvalue weighted by molar-refractivity contribution is 0.305. The number of rotatable bonds is 7. The molecule has 0 aliphatic heterocycles. The van der Waals surface area contributed by atoms with Crippen LogP contribution in [0.2, 0.25) is 0 Å². The predicted molar refractivity (Wildman–Crippen MR) is 99.9 cm³/mol. The second-order valence-electron chi connectivity index (χ2n) is 5.16. The minimum Gasteiger partial charge on any atom is -0.409 e. The van der Waals surface area contributed by atoms with Crippen LogP contribution in [0.25, 0.3) is 0 Å². The second-order valence-corrected chi connectivity index (χ2v) is 9.17.